The van der Waals surface area contributed by atoms with Crippen LogP contribution in [-0.2, 0) is 14.3 Å². The predicted octanol–water partition coefficient (Wildman–Crippen LogP) is 1.61. The van der Waals surface area contributed by atoms with Crippen LogP contribution in [0.25, 0.3) is 5.95 Å². The molecule has 2 aromatic heterocycles. The van der Waals surface area contributed by atoms with Crippen molar-refractivity contribution in [3.05, 3.63) is 29.2 Å². The predicted molar refractivity (Wildman–Crippen MR) is 107 cm³/mol. The van der Waals surface area contributed by atoms with Crippen LogP contribution in [-0.4, -0.2) is 69.7 Å². The number of piperidine rings is 1. The molecule has 2 fully saturated rings. The van der Waals surface area contributed by atoms with E-state index in [1.54, 1.807) is 4.68 Å². The van der Waals surface area contributed by atoms with Gasteiger partial charge in [0.1, 0.15) is 5.82 Å². The van der Waals surface area contributed by atoms with Gasteiger partial charge in [0, 0.05) is 23.4 Å². The van der Waals surface area contributed by atoms with E-state index in [2.05, 4.69) is 25.3 Å². The summed E-state index contributed by atoms with van der Waals surface area (Å²) >= 11 is 0. The first-order chi connectivity index (χ1) is 14.0. The molecule has 0 atom stereocenters. The fraction of sp³-hybridized carbons (Fsp3) is 0.600. The lowest BCUT2D eigenvalue weighted by atomic mass is 9.96. The van der Waals surface area contributed by atoms with E-state index in [9.17, 15) is 4.79 Å². The first-order valence-corrected chi connectivity index (χ1v) is 10.1. The van der Waals surface area contributed by atoms with Crippen LogP contribution in [0.2, 0.25) is 0 Å². The molecule has 0 spiro atoms. The molecule has 4 heterocycles. The Kier molecular flexibility index (Phi) is 5.89. The Hall–Kier alpha value is -2.36. The van der Waals surface area contributed by atoms with Gasteiger partial charge in [0.2, 0.25) is 5.91 Å². The summed E-state index contributed by atoms with van der Waals surface area (Å²) in [6.45, 7) is 9.15. The normalized spacial score (nSPS) is 19.0. The molecule has 2 aromatic rings. The van der Waals surface area contributed by atoms with Gasteiger partial charge in [-0.1, -0.05) is 0 Å². The third-order valence-corrected chi connectivity index (χ3v) is 5.29. The molecule has 29 heavy (non-hydrogen) atoms. The summed E-state index contributed by atoms with van der Waals surface area (Å²) in [5.41, 5.74) is 2.51. The Morgan fingerprint density at radius 1 is 1.07 bits per heavy atom. The molecule has 0 aromatic carbocycles. The van der Waals surface area contributed by atoms with E-state index in [4.69, 9.17) is 9.47 Å². The minimum absolute atomic E-state index is 0.0673. The lowest BCUT2D eigenvalue weighted by molar-refractivity contribution is -0.119. The van der Waals surface area contributed by atoms with Crippen molar-refractivity contribution in [2.75, 3.05) is 38.2 Å². The number of hydrogen-bond acceptors (Lipinski definition) is 7. The van der Waals surface area contributed by atoms with Crippen LogP contribution in [0.1, 0.15) is 29.9 Å². The van der Waals surface area contributed by atoms with Gasteiger partial charge in [0.25, 0.3) is 5.95 Å². The summed E-state index contributed by atoms with van der Waals surface area (Å²) in [5.74, 6) is 1.40. The molecule has 1 amide bonds. The lowest BCUT2D eigenvalue weighted by Crippen LogP contribution is -2.42. The fourth-order valence-corrected chi connectivity index (χ4v) is 3.96. The standard InChI is InChI=1S/C20H28N6O3/c1-13-10-14(2)22-20(21-13)26-17(11-15(3)24-26)23-18(27)12-25-6-4-16(5-7-25)19-28-8-9-29-19/h10-11,16,19H,4-9,12H2,1-3H3,(H,23,27). The number of carbonyl (C=O) groups is 1. The third kappa shape index (κ3) is 4.80. The molecule has 1 N–H and O–H groups in total. The second-order valence-corrected chi connectivity index (χ2v) is 7.81. The quantitative estimate of drug-likeness (QED) is 0.815. The number of aryl methyl sites for hydroxylation is 3. The average molecular weight is 400 g/mol. The smallest absolute Gasteiger partial charge is 0.252 e. The summed E-state index contributed by atoms with van der Waals surface area (Å²) < 4.78 is 12.8. The van der Waals surface area contributed by atoms with Crippen molar-refractivity contribution in [2.24, 2.45) is 5.92 Å². The zero-order valence-electron chi connectivity index (χ0n) is 17.2. The van der Waals surface area contributed by atoms with Crippen LogP contribution in [0.15, 0.2) is 12.1 Å². The van der Waals surface area contributed by atoms with Crippen molar-refractivity contribution in [1.82, 2.24) is 24.6 Å². The van der Waals surface area contributed by atoms with Crippen molar-refractivity contribution in [1.29, 1.82) is 0 Å². The van der Waals surface area contributed by atoms with Crippen molar-refractivity contribution in [3.63, 3.8) is 0 Å². The van der Waals surface area contributed by atoms with E-state index in [-0.39, 0.29) is 12.2 Å². The number of nitrogens with one attached hydrogen (secondary N) is 1. The largest absolute Gasteiger partial charge is 0.350 e. The summed E-state index contributed by atoms with van der Waals surface area (Å²) in [7, 11) is 0. The Balaban J connectivity index is 1.37. The molecule has 0 radical (unpaired) electrons. The summed E-state index contributed by atoms with van der Waals surface area (Å²) in [4.78, 5) is 23.7. The number of ether oxygens (including phenoxy) is 2. The maximum Gasteiger partial charge on any atom is 0.252 e. The molecule has 9 nitrogen and oxygen atoms in total. The Morgan fingerprint density at radius 2 is 1.72 bits per heavy atom. The highest BCUT2D eigenvalue weighted by Gasteiger charge is 2.30. The molecule has 2 aliphatic rings. The fourth-order valence-electron chi connectivity index (χ4n) is 3.96. The van der Waals surface area contributed by atoms with Crippen LogP contribution in [0.3, 0.4) is 0 Å². The lowest BCUT2D eigenvalue weighted by Gasteiger charge is -2.33. The number of hydrogen-bond donors (Lipinski definition) is 1. The number of rotatable bonds is 5. The summed E-state index contributed by atoms with van der Waals surface area (Å²) in [5, 5.41) is 7.43. The highest BCUT2D eigenvalue weighted by molar-refractivity contribution is 5.91. The van der Waals surface area contributed by atoms with Crippen LogP contribution in [0.5, 0.6) is 0 Å². The Morgan fingerprint density at radius 3 is 2.38 bits per heavy atom. The van der Waals surface area contributed by atoms with Crippen molar-refractivity contribution in [3.8, 4) is 5.95 Å². The van der Waals surface area contributed by atoms with Crippen molar-refractivity contribution >= 4 is 11.7 Å². The van der Waals surface area contributed by atoms with Gasteiger partial charge in [0.15, 0.2) is 6.29 Å². The van der Waals surface area contributed by atoms with Crippen LogP contribution < -0.4 is 5.32 Å². The number of carbonyl (C=O) groups excluding carboxylic acids is 1. The van der Waals surface area contributed by atoms with Crippen LogP contribution in [0.4, 0.5) is 5.82 Å². The van der Waals surface area contributed by atoms with Gasteiger partial charge in [0.05, 0.1) is 25.5 Å². The first kappa shape index (κ1) is 19.9. The molecule has 9 heteroatoms. The minimum Gasteiger partial charge on any atom is -0.350 e. The number of nitrogens with zero attached hydrogens (tertiary/aromatic N) is 5. The van der Waals surface area contributed by atoms with Gasteiger partial charge in [-0.15, -0.1) is 0 Å². The number of amides is 1. The van der Waals surface area contributed by atoms with Gasteiger partial charge in [-0.25, -0.2) is 9.97 Å². The highest BCUT2D eigenvalue weighted by Crippen LogP contribution is 2.25. The van der Waals surface area contributed by atoms with E-state index in [1.807, 2.05) is 32.9 Å². The monoisotopic (exact) mass is 400 g/mol. The molecule has 0 unspecified atom stereocenters. The molecule has 4 rings (SSSR count). The maximum atomic E-state index is 12.7. The minimum atomic E-state index is -0.0684. The van der Waals surface area contributed by atoms with E-state index in [0.29, 0.717) is 37.4 Å². The zero-order valence-corrected chi connectivity index (χ0v) is 17.2. The number of likely N-dealkylation sites (tertiary alicyclic amines) is 1. The summed E-state index contributed by atoms with van der Waals surface area (Å²) in [6, 6.07) is 3.74. The summed E-state index contributed by atoms with van der Waals surface area (Å²) in [6.07, 6.45) is 1.89. The zero-order chi connectivity index (χ0) is 20.4. The molecule has 156 valence electrons. The van der Waals surface area contributed by atoms with E-state index >= 15 is 0 Å². The number of anilines is 1. The second kappa shape index (κ2) is 8.56. The molecular weight excluding hydrogens is 372 g/mol. The van der Waals surface area contributed by atoms with E-state index in [1.165, 1.54) is 0 Å². The van der Waals surface area contributed by atoms with Crippen molar-refractivity contribution in [2.45, 2.75) is 39.9 Å². The first-order valence-electron chi connectivity index (χ1n) is 10.1. The van der Waals surface area contributed by atoms with Crippen LogP contribution >= 0.6 is 0 Å². The molecule has 0 bridgehead atoms. The molecule has 0 aliphatic carbocycles. The second-order valence-electron chi connectivity index (χ2n) is 7.81. The SMILES string of the molecule is Cc1cc(C)nc(-n2nc(C)cc2NC(=O)CN2CCC(C3OCCO3)CC2)n1. The highest BCUT2D eigenvalue weighted by atomic mass is 16.7. The topological polar surface area (TPSA) is 94.4 Å². The van der Waals surface area contributed by atoms with Gasteiger partial charge in [-0.3, -0.25) is 9.69 Å². The Labute approximate surface area is 170 Å². The van der Waals surface area contributed by atoms with Crippen LogP contribution in [0, 0.1) is 26.7 Å². The average Bonchev–Trinajstić information content (AvgIpc) is 3.31. The number of aromatic nitrogens is 4. The molecule has 2 aliphatic heterocycles. The maximum absolute atomic E-state index is 12.7. The van der Waals surface area contributed by atoms with Gasteiger partial charge in [-0.2, -0.15) is 9.78 Å². The van der Waals surface area contributed by atoms with E-state index in [0.717, 1.165) is 43.0 Å². The third-order valence-electron chi connectivity index (χ3n) is 5.29. The molecule has 2 saturated heterocycles. The Bertz CT molecular complexity index is 849. The van der Waals surface area contributed by atoms with Gasteiger partial charge < -0.3 is 14.8 Å². The molecular formula is C20H28N6O3. The van der Waals surface area contributed by atoms with Gasteiger partial charge >= 0.3 is 0 Å². The van der Waals surface area contributed by atoms with Crippen molar-refractivity contribution < 1.29 is 14.3 Å². The van der Waals surface area contributed by atoms with Gasteiger partial charge in [-0.05, 0) is 52.8 Å². The van der Waals surface area contributed by atoms with E-state index < -0.39 is 0 Å². The molecule has 0 saturated carbocycles.